The summed E-state index contributed by atoms with van der Waals surface area (Å²) in [7, 11) is -7.02. The zero-order chi connectivity index (χ0) is 30.3. The van der Waals surface area contributed by atoms with Gasteiger partial charge in [0.2, 0.25) is 10.0 Å². The third-order valence-electron chi connectivity index (χ3n) is 6.44. The Kier molecular flexibility index (Phi) is 9.56. The molecular formula is C31H31N3O6S2. The second-order valence-electron chi connectivity index (χ2n) is 9.54. The van der Waals surface area contributed by atoms with Crippen LogP contribution in [0.2, 0.25) is 0 Å². The molecule has 0 radical (unpaired) electrons. The minimum Gasteiger partial charge on any atom is -0.465 e. The normalized spacial score (nSPS) is 12.6. The summed E-state index contributed by atoms with van der Waals surface area (Å²) in [6.45, 7) is 3.38. The van der Waals surface area contributed by atoms with Crippen LogP contribution in [0.4, 0.5) is 0 Å². The SMILES string of the molecule is COC(=O)c1cccc(/C=N/N(C(CNS(=O)(=O)c2ccc(C)cc2)c2ccccc2)S(=O)(=O)c2ccc(C)cc2)c1. The van der Waals surface area contributed by atoms with E-state index in [2.05, 4.69) is 9.82 Å². The highest BCUT2D eigenvalue weighted by Crippen LogP contribution is 2.29. The molecule has 0 aliphatic carbocycles. The van der Waals surface area contributed by atoms with Crippen LogP contribution in [0.1, 0.15) is 38.7 Å². The maximum Gasteiger partial charge on any atom is 0.337 e. The van der Waals surface area contributed by atoms with Gasteiger partial charge in [0.15, 0.2) is 0 Å². The number of nitrogens with zero attached hydrogens (tertiary/aromatic N) is 2. The van der Waals surface area contributed by atoms with E-state index in [1.165, 1.54) is 43.7 Å². The summed E-state index contributed by atoms with van der Waals surface area (Å²) in [5.74, 6) is -0.554. The fraction of sp³-hybridized carbons (Fsp3) is 0.161. The molecule has 4 rings (SSSR count). The number of esters is 1. The Morgan fingerprint density at radius 2 is 1.43 bits per heavy atom. The van der Waals surface area contributed by atoms with Gasteiger partial charge in [-0.3, -0.25) is 0 Å². The second kappa shape index (κ2) is 13.1. The Bertz CT molecular complexity index is 1770. The first-order chi connectivity index (χ1) is 20.0. The molecule has 0 fully saturated rings. The van der Waals surface area contributed by atoms with Crippen molar-refractivity contribution in [3.63, 3.8) is 0 Å². The number of ether oxygens (including phenoxy) is 1. The summed E-state index contributed by atoms with van der Waals surface area (Å²) in [6, 6.07) is 26.6. The Labute approximate surface area is 246 Å². The van der Waals surface area contributed by atoms with Crippen LogP contribution in [0.25, 0.3) is 0 Å². The third-order valence-corrected chi connectivity index (χ3v) is 9.59. The maximum absolute atomic E-state index is 14.1. The van der Waals surface area contributed by atoms with Gasteiger partial charge in [-0.05, 0) is 61.4 Å². The largest absolute Gasteiger partial charge is 0.465 e. The molecule has 42 heavy (non-hydrogen) atoms. The summed E-state index contributed by atoms with van der Waals surface area (Å²) < 4.78 is 62.9. The number of hydrazone groups is 1. The zero-order valence-corrected chi connectivity index (χ0v) is 25.0. The minimum atomic E-state index is -4.30. The van der Waals surface area contributed by atoms with Crippen molar-refractivity contribution in [1.82, 2.24) is 9.14 Å². The fourth-order valence-electron chi connectivity index (χ4n) is 4.10. The quantitative estimate of drug-likeness (QED) is 0.148. The van der Waals surface area contributed by atoms with Crippen molar-refractivity contribution in [2.75, 3.05) is 13.7 Å². The van der Waals surface area contributed by atoms with Gasteiger partial charge in [-0.1, -0.05) is 77.9 Å². The zero-order valence-electron chi connectivity index (χ0n) is 23.3. The highest BCUT2D eigenvalue weighted by atomic mass is 32.2. The molecule has 0 saturated carbocycles. The summed E-state index contributed by atoms with van der Waals surface area (Å²) in [5.41, 5.74) is 2.99. The van der Waals surface area contributed by atoms with Crippen LogP contribution in [0.5, 0.6) is 0 Å². The van der Waals surface area contributed by atoms with E-state index in [9.17, 15) is 21.6 Å². The van der Waals surface area contributed by atoms with Gasteiger partial charge in [0.25, 0.3) is 10.0 Å². The van der Waals surface area contributed by atoms with Gasteiger partial charge in [-0.25, -0.2) is 17.9 Å². The average Bonchev–Trinajstić information content (AvgIpc) is 2.99. The molecule has 0 aromatic heterocycles. The van der Waals surface area contributed by atoms with Crippen molar-refractivity contribution < 1.29 is 26.4 Å². The summed E-state index contributed by atoms with van der Waals surface area (Å²) >= 11 is 0. The lowest BCUT2D eigenvalue weighted by atomic mass is 10.1. The summed E-state index contributed by atoms with van der Waals surface area (Å²) in [4.78, 5) is 12.1. The van der Waals surface area contributed by atoms with Gasteiger partial charge in [0, 0.05) is 6.54 Å². The molecule has 0 aliphatic heterocycles. The van der Waals surface area contributed by atoms with Crippen LogP contribution in [0.15, 0.2) is 118 Å². The van der Waals surface area contributed by atoms with E-state index >= 15 is 0 Å². The number of nitrogens with one attached hydrogen (secondary N) is 1. The van der Waals surface area contributed by atoms with Gasteiger partial charge in [-0.2, -0.15) is 17.9 Å². The molecule has 218 valence electrons. The lowest BCUT2D eigenvalue weighted by Crippen LogP contribution is -2.39. The van der Waals surface area contributed by atoms with Crippen molar-refractivity contribution in [2.24, 2.45) is 5.10 Å². The number of hydrogen-bond donors (Lipinski definition) is 1. The monoisotopic (exact) mass is 605 g/mol. The van der Waals surface area contributed by atoms with Gasteiger partial charge >= 0.3 is 5.97 Å². The molecule has 9 nitrogen and oxygen atoms in total. The molecule has 0 heterocycles. The van der Waals surface area contributed by atoms with Crippen molar-refractivity contribution in [3.8, 4) is 0 Å². The molecule has 0 bridgehead atoms. The van der Waals surface area contributed by atoms with Gasteiger partial charge in [0.05, 0.1) is 28.7 Å². The minimum absolute atomic E-state index is 0.0177. The van der Waals surface area contributed by atoms with E-state index in [0.29, 0.717) is 11.1 Å². The number of carbonyl (C=O) groups is 1. The molecule has 0 spiro atoms. The first kappa shape index (κ1) is 30.6. The van der Waals surface area contributed by atoms with Crippen LogP contribution >= 0.6 is 0 Å². The van der Waals surface area contributed by atoms with Crippen molar-refractivity contribution >= 4 is 32.2 Å². The molecule has 0 amide bonds. The lowest BCUT2D eigenvalue weighted by molar-refractivity contribution is 0.0600. The molecular weight excluding hydrogens is 574 g/mol. The van der Waals surface area contributed by atoms with Crippen LogP contribution < -0.4 is 4.72 Å². The first-order valence-corrected chi connectivity index (χ1v) is 15.9. The molecule has 0 saturated heterocycles. The van der Waals surface area contributed by atoms with Gasteiger partial charge in [-0.15, -0.1) is 0 Å². The van der Waals surface area contributed by atoms with Crippen molar-refractivity contribution in [3.05, 3.63) is 131 Å². The van der Waals surface area contributed by atoms with E-state index < -0.39 is 32.1 Å². The predicted molar refractivity (Wildman–Crippen MR) is 161 cm³/mol. The molecule has 4 aromatic rings. The number of sulfonamides is 2. The standard InChI is InChI=1S/C31H31N3O6S2/c1-23-12-16-28(17-13-23)41(36,37)33-22-30(26-9-5-4-6-10-26)34(42(38,39)29-18-14-24(2)15-19-29)32-21-25-8-7-11-27(20-25)31(35)40-3/h4-21,30,33H,22H2,1-3H3/b32-21+. The van der Waals surface area contributed by atoms with E-state index in [-0.39, 0.29) is 21.9 Å². The third kappa shape index (κ3) is 7.30. The highest BCUT2D eigenvalue weighted by molar-refractivity contribution is 7.89. The Hall–Kier alpha value is -4.32. The van der Waals surface area contributed by atoms with Crippen LogP contribution in [0.3, 0.4) is 0 Å². The van der Waals surface area contributed by atoms with Crippen molar-refractivity contribution in [2.45, 2.75) is 29.7 Å². The van der Waals surface area contributed by atoms with Crippen LogP contribution in [-0.4, -0.2) is 47.1 Å². The fourth-order valence-corrected chi connectivity index (χ4v) is 6.54. The number of carbonyl (C=O) groups excluding carboxylic acids is 1. The van der Waals surface area contributed by atoms with E-state index in [1.54, 1.807) is 72.8 Å². The molecule has 1 unspecified atom stereocenters. The topological polar surface area (TPSA) is 122 Å². The number of methoxy groups -OCH3 is 1. The van der Waals surface area contributed by atoms with Crippen LogP contribution in [-0.2, 0) is 24.8 Å². The predicted octanol–water partition coefficient (Wildman–Crippen LogP) is 4.83. The Morgan fingerprint density at radius 3 is 2.02 bits per heavy atom. The molecule has 11 heteroatoms. The number of hydrogen-bond acceptors (Lipinski definition) is 7. The maximum atomic E-state index is 14.1. The lowest BCUT2D eigenvalue weighted by Gasteiger charge is -2.29. The van der Waals surface area contributed by atoms with E-state index in [1.807, 2.05) is 13.8 Å². The number of aryl methyl sites for hydroxylation is 2. The number of rotatable bonds is 11. The average molecular weight is 606 g/mol. The Morgan fingerprint density at radius 1 is 0.833 bits per heavy atom. The second-order valence-corrected chi connectivity index (χ2v) is 13.1. The summed E-state index contributed by atoms with van der Waals surface area (Å²) in [6.07, 6.45) is 1.31. The van der Waals surface area contributed by atoms with Crippen LogP contribution in [0, 0.1) is 13.8 Å². The number of benzene rings is 4. The first-order valence-electron chi connectivity index (χ1n) is 13.0. The van der Waals surface area contributed by atoms with E-state index in [4.69, 9.17) is 4.74 Å². The smallest absolute Gasteiger partial charge is 0.337 e. The molecule has 0 aliphatic rings. The highest BCUT2D eigenvalue weighted by Gasteiger charge is 2.33. The van der Waals surface area contributed by atoms with Crippen molar-refractivity contribution in [1.29, 1.82) is 0 Å². The Balaban J connectivity index is 1.80. The summed E-state index contributed by atoms with van der Waals surface area (Å²) in [5, 5.41) is 4.39. The van der Waals surface area contributed by atoms with E-state index in [0.717, 1.165) is 15.5 Å². The molecule has 1 N–H and O–H groups in total. The molecule has 4 aromatic carbocycles. The molecule has 1 atom stereocenters. The van der Waals surface area contributed by atoms with Gasteiger partial charge < -0.3 is 4.74 Å². The van der Waals surface area contributed by atoms with Gasteiger partial charge in [0.1, 0.15) is 6.04 Å².